The summed E-state index contributed by atoms with van der Waals surface area (Å²) in [5.41, 5.74) is 0.747. The first-order chi connectivity index (χ1) is 15.6. The van der Waals surface area contributed by atoms with Crippen LogP contribution in [0.25, 0.3) is 0 Å². The summed E-state index contributed by atoms with van der Waals surface area (Å²) >= 11 is 0. The molecule has 3 aromatic rings. The van der Waals surface area contributed by atoms with Gasteiger partial charge >= 0.3 is 0 Å². The minimum atomic E-state index is -0.908. The Labute approximate surface area is 184 Å². The van der Waals surface area contributed by atoms with Crippen LogP contribution in [0.3, 0.4) is 0 Å². The maximum absolute atomic E-state index is 13.7. The van der Waals surface area contributed by atoms with Gasteiger partial charge < -0.3 is 14.8 Å². The van der Waals surface area contributed by atoms with Crippen LogP contribution in [0.2, 0.25) is 0 Å². The molecule has 166 valence electrons. The SMILES string of the molecule is O=C(CN1CCCC1)Nc1ccc(Oc2ccc(OCc3cccc(F)c3F)cc2)nc1. The largest absolute Gasteiger partial charge is 0.489 e. The summed E-state index contributed by atoms with van der Waals surface area (Å²) in [6.45, 7) is 2.22. The van der Waals surface area contributed by atoms with Crippen LogP contribution in [0.15, 0.2) is 60.8 Å². The third kappa shape index (κ3) is 5.79. The lowest BCUT2D eigenvalue weighted by Gasteiger charge is -2.14. The van der Waals surface area contributed by atoms with Crippen molar-refractivity contribution in [2.45, 2.75) is 19.4 Å². The van der Waals surface area contributed by atoms with E-state index < -0.39 is 11.6 Å². The van der Waals surface area contributed by atoms with Crippen molar-refractivity contribution < 1.29 is 23.0 Å². The van der Waals surface area contributed by atoms with Crippen molar-refractivity contribution >= 4 is 11.6 Å². The number of rotatable bonds is 8. The molecule has 8 heteroatoms. The van der Waals surface area contributed by atoms with E-state index in [4.69, 9.17) is 9.47 Å². The van der Waals surface area contributed by atoms with Gasteiger partial charge in [-0.1, -0.05) is 12.1 Å². The average Bonchev–Trinajstić information content (AvgIpc) is 3.30. The van der Waals surface area contributed by atoms with Crippen molar-refractivity contribution in [2.75, 3.05) is 25.0 Å². The molecule has 0 aliphatic carbocycles. The molecule has 0 saturated carbocycles. The van der Waals surface area contributed by atoms with Crippen LogP contribution in [0.4, 0.5) is 14.5 Å². The van der Waals surface area contributed by atoms with E-state index in [1.807, 2.05) is 0 Å². The smallest absolute Gasteiger partial charge is 0.238 e. The lowest BCUT2D eigenvalue weighted by atomic mass is 10.2. The standard InChI is InChI=1S/C24H23F2N3O3/c25-21-5-3-4-17(24(21)26)16-31-19-7-9-20(10-8-19)32-23-11-6-18(14-27-23)28-22(30)15-29-12-1-2-13-29/h3-11,14H,1-2,12-13,15-16H2,(H,28,30). The van der Waals surface area contributed by atoms with Crippen LogP contribution in [0.5, 0.6) is 17.4 Å². The molecule has 6 nitrogen and oxygen atoms in total. The highest BCUT2D eigenvalue weighted by molar-refractivity contribution is 5.92. The van der Waals surface area contributed by atoms with Crippen LogP contribution >= 0.6 is 0 Å². The van der Waals surface area contributed by atoms with E-state index in [1.54, 1.807) is 42.6 Å². The highest BCUT2D eigenvalue weighted by Gasteiger charge is 2.15. The fraction of sp³-hybridized carbons (Fsp3) is 0.250. The first-order valence-corrected chi connectivity index (χ1v) is 10.4. The van der Waals surface area contributed by atoms with Crippen molar-refractivity contribution in [3.63, 3.8) is 0 Å². The molecule has 1 fully saturated rings. The summed E-state index contributed by atoms with van der Waals surface area (Å²) in [6, 6.07) is 14.1. The highest BCUT2D eigenvalue weighted by Crippen LogP contribution is 2.24. The number of hydrogen-bond acceptors (Lipinski definition) is 5. The van der Waals surface area contributed by atoms with Gasteiger partial charge in [-0.2, -0.15) is 0 Å². The minimum absolute atomic E-state index is 0.0592. The fourth-order valence-electron chi connectivity index (χ4n) is 3.40. The van der Waals surface area contributed by atoms with Gasteiger partial charge in [0.2, 0.25) is 11.8 Å². The van der Waals surface area contributed by atoms with Crippen LogP contribution < -0.4 is 14.8 Å². The summed E-state index contributed by atoms with van der Waals surface area (Å²) < 4.78 is 38.2. The molecule has 1 N–H and O–H groups in total. The predicted octanol–water partition coefficient (Wildman–Crippen LogP) is 4.77. The van der Waals surface area contributed by atoms with Gasteiger partial charge in [-0.15, -0.1) is 0 Å². The van der Waals surface area contributed by atoms with E-state index in [1.165, 1.54) is 12.1 Å². The molecule has 4 rings (SSSR count). The zero-order chi connectivity index (χ0) is 22.3. The fourth-order valence-corrected chi connectivity index (χ4v) is 3.40. The maximum Gasteiger partial charge on any atom is 0.238 e. The summed E-state index contributed by atoms with van der Waals surface area (Å²) in [6.07, 6.45) is 3.82. The van der Waals surface area contributed by atoms with Crippen molar-refractivity contribution in [3.05, 3.63) is 78.0 Å². The molecular weight excluding hydrogens is 416 g/mol. The zero-order valence-electron chi connectivity index (χ0n) is 17.4. The van der Waals surface area contributed by atoms with Crippen LogP contribution in [-0.2, 0) is 11.4 Å². The zero-order valence-corrected chi connectivity index (χ0v) is 17.4. The Morgan fingerprint density at radius 1 is 1.00 bits per heavy atom. The third-order valence-electron chi connectivity index (χ3n) is 5.06. The molecule has 0 spiro atoms. The van der Waals surface area contributed by atoms with Gasteiger partial charge in [0.1, 0.15) is 18.1 Å². The number of carbonyl (C=O) groups is 1. The number of benzene rings is 2. The predicted molar refractivity (Wildman–Crippen MR) is 116 cm³/mol. The summed E-state index contributed by atoms with van der Waals surface area (Å²) in [4.78, 5) is 18.4. The Bertz CT molecular complexity index is 1050. The second-order valence-electron chi connectivity index (χ2n) is 7.49. The number of hydrogen-bond donors (Lipinski definition) is 1. The molecule has 1 saturated heterocycles. The molecule has 1 aromatic heterocycles. The Hall–Kier alpha value is -3.52. The number of ether oxygens (including phenoxy) is 2. The Kier molecular flexibility index (Phi) is 6.91. The number of pyridine rings is 1. The van der Waals surface area contributed by atoms with E-state index in [0.717, 1.165) is 32.0 Å². The van der Waals surface area contributed by atoms with Crippen molar-refractivity contribution in [3.8, 4) is 17.4 Å². The second-order valence-corrected chi connectivity index (χ2v) is 7.49. The number of carbonyl (C=O) groups excluding carboxylic acids is 1. The van der Waals surface area contributed by atoms with E-state index >= 15 is 0 Å². The Morgan fingerprint density at radius 2 is 1.75 bits per heavy atom. The van der Waals surface area contributed by atoms with Gasteiger partial charge in [-0.3, -0.25) is 9.69 Å². The van der Waals surface area contributed by atoms with Gasteiger partial charge in [0.15, 0.2) is 11.6 Å². The molecule has 0 bridgehead atoms. The first-order valence-electron chi connectivity index (χ1n) is 10.4. The molecule has 0 atom stereocenters. The molecule has 0 unspecified atom stereocenters. The van der Waals surface area contributed by atoms with Crippen LogP contribution in [0.1, 0.15) is 18.4 Å². The third-order valence-corrected chi connectivity index (χ3v) is 5.06. The molecule has 2 aromatic carbocycles. The average molecular weight is 439 g/mol. The molecule has 0 radical (unpaired) electrons. The molecule has 1 aliphatic rings. The van der Waals surface area contributed by atoms with Gasteiger partial charge in [-0.25, -0.2) is 13.8 Å². The topological polar surface area (TPSA) is 63.7 Å². The first kappa shape index (κ1) is 21.7. The maximum atomic E-state index is 13.7. The normalized spacial score (nSPS) is 13.7. The number of anilines is 1. The lowest BCUT2D eigenvalue weighted by molar-refractivity contribution is -0.117. The highest BCUT2D eigenvalue weighted by atomic mass is 19.2. The molecule has 1 amide bonds. The Balaban J connectivity index is 1.27. The van der Waals surface area contributed by atoms with E-state index in [9.17, 15) is 13.6 Å². The van der Waals surface area contributed by atoms with Crippen molar-refractivity contribution in [1.82, 2.24) is 9.88 Å². The van der Waals surface area contributed by atoms with Gasteiger partial charge in [0, 0.05) is 11.6 Å². The Morgan fingerprint density at radius 3 is 2.47 bits per heavy atom. The minimum Gasteiger partial charge on any atom is -0.489 e. The van der Waals surface area contributed by atoms with Crippen LogP contribution in [-0.4, -0.2) is 35.4 Å². The van der Waals surface area contributed by atoms with Gasteiger partial charge in [-0.05, 0) is 62.3 Å². The molecule has 1 aliphatic heterocycles. The van der Waals surface area contributed by atoms with Crippen molar-refractivity contribution in [2.24, 2.45) is 0 Å². The summed E-state index contributed by atoms with van der Waals surface area (Å²) in [5, 5.41) is 2.84. The van der Waals surface area contributed by atoms with E-state index in [2.05, 4.69) is 15.2 Å². The molecule has 2 heterocycles. The summed E-state index contributed by atoms with van der Waals surface area (Å²) in [7, 11) is 0. The number of likely N-dealkylation sites (tertiary alicyclic amines) is 1. The van der Waals surface area contributed by atoms with Crippen molar-refractivity contribution in [1.29, 1.82) is 0 Å². The number of nitrogens with one attached hydrogen (secondary N) is 1. The lowest BCUT2D eigenvalue weighted by Crippen LogP contribution is -2.30. The number of halogens is 2. The number of aromatic nitrogens is 1. The molecular formula is C24H23F2N3O3. The molecule has 32 heavy (non-hydrogen) atoms. The van der Waals surface area contributed by atoms with E-state index in [-0.39, 0.29) is 18.1 Å². The van der Waals surface area contributed by atoms with E-state index in [0.29, 0.717) is 29.6 Å². The quantitative estimate of drug-likeness (QED) is 0.548. The second kappa shape index (κ2) is 10.2. The summed E-state index contributed by atoms with van der Waals surface area (Å²) in [5.74, 6) is -0.472. The number of amides is 1. The monoisotopic (exact) mass is 439 g/mol. The van der Waals surface area contributed by atoms with Crippen LogP contribution in [0, 0.1) is 11.6 Å². The van der Waals surface area contributed by atoms with Gasteiger partial charge in [0.25, 0.3) is 0 Å². The van der Waals surface area contributed by atoms with Gasteiger partial charge in [0.05, 0.1) is 18.4 Å². The number of nitrogens with zero attached hydrogens (tertiary/aromatic N) is 2.